The van der Waals surface area contributed by atoms with E-state index in [2.05, 4.69) is 10.6 Å². The first-order chi connectivity index (χ1) is 15.6. The minimum Gasteiger partial charge on any atom is -0.497 e. The average Bonchev–Trinajstić information content (AvgIpc) is 3.39. The quantitative estimate of drug-likeness (QED) is 0.448. The molecule has 0 fully saturated rings. The fourth-order valence-corrected chi connectivity index (χ4v) is 5.24. The molecule has 2 aromatic carbocycles. The van der Waals surface area contributed by atoms with E-state index >= 15 is 0 Å². The van der Waals surface area contributed by atoms with Crippen molar-refractivity contribution < 1.29 is 19.0 Å². The average molecular weight is 453 g/mol. The highest BCUT2D eigenvalue weighted by Crippen LogP contribution is 2.40. The second kappa shape index (κ2) is 9.96. The van der Waals surface area contributed by atoms with Crippen molar-refractivity contribution in [2.45, 2.75) is 32.7 Å². The van der Waals surface area contributed by atoms with Crippen molar-refractivity contribution in [3.05, 3.63) is 64.0 Å². The van der Waals surface area contributed by atoms with Gasteiger partial charge in [-0.25, -0.2) is 0 Å². The van der Waals surface area contributed by atoms with Crippen LogP contribution in [-0.4, -0.2) is 26.7 Å². The monoisotopic (exact) mass is 452 g/mol. The van der Waals surface area contributed by atoms with Crippen molar-refractivity contribution in [3.63, 3.8) is 0 Å². The zero-order valence-electron chi connectivity index (χ0n) is 18.6. The molecule has 3 aromatic rings. The topological polar surface area (TPSA) is 68.8 Å². The lowest BCUT2D eigenvalue weighted by Gasteiger charge is -2.13. The number of anilines is 2. The summed E-state index contributed by atoms with van der Waals surface area (Å²) in [6.45, 7) is 3.09. The predicted molar refractivity (Wildman–Crippen MR) is 129 cm³/mol. The van der Waals surface area contributed by atoms with Crippen LogP contribution in [0.1, 0.15) is 39.7 Å². The van der Waals surface area contributed by atoms with Gasteiger partial charge in [0.25, 0.3) is 5.91 Å². The van der Waals surface area contributed by atoms with Crippen LogP contribution < -0.4 is 24.8 Å². The number of carbonyl (C=O) groups is 1. The number of benzene rings is 2. The van der Waals surface area contributed by atoms with Gasteiger partial charge in [-0.1, -0.05) is 0 Å². The van der Waals surface area contributed by atoms with Crippen molar-refractivity contribution in [2.75, 3.05) is 31.5 Å². The Morgan fingerprint density at radius 1 is 1.03 bits per heavy atom. The lowest BCUT2D eigenvalue weighted by Crippen LogP contribution is -2.15. The molecule has 0 aliphatic heterocycles. The molecule has 4 rings (SSSR count). The summed E-state index contributed by atoms with van der Waals surface area (Å²) in [6.07, 6.45) is 3.05. The van der Waals surface area contributed by atoms with Crippen LogP contribution in [0, 0.1) is 0 Å². The smallest absolute Gasteiger partial charge is 0.258 e. The van der Waals surface area contributed by atoms with Gasteiger partial charge < -0.3 is 24.8 Å². The largest absolute Gasteiger partial charge is 0.497 e. The van der Waals surface area contributed by atoms with E-state index in [1.807, 2.05) is 49.4 Å². The molecule has 0 unspecified atom stereocenters. The molecule has 7 heteroatoms. The second-order valence-electron chi connectivity index (χ2n) is 7.50. The predicted octanol–water partition coefficient (Wildman–Crippen LogP) is 5.52. The van der Waals surface area contributed by atoms with Gasteiger partial charge in [-0.05, 0) is 74.2 Å². The number of carbonyl (C=O) groups excluding carboxylic acids is 1. The molecule has 32 heavy (non-hydrogen) atoms. The van der Waals surface area contributed by atoms with Crippen molar-refractivity contribution in [1.82, 2.24) is 0 Å². The molecule has 0 saturated heterocycles. The molecule has 0 saturated carbocycles. The van der Waals surface area contributed by atoms with Gasteiger partial charge in [-0.3, -0.25) is 4.79 Å². The number of ether oxygens (including phenoxy) is 3. The third-order valence-corrected chi connectivity index (χ3v) is 6.75. The van der Waals surface area contributed by atoms with E-state index in [9.17, 15) is 4.79 Å². The van der Waals surface area contributed by atoms with Gasteiger partial charge in [0.1, 0.15) is 22.2 Å². The third kappa shape index (κ3) is 4.67. The fourth-order valence-electron chi connectivity index (χ4n) is 3.96. The molecule has 0 bridgehead atoms. The lowest BCUT2D eigenvalue weighted by molar-refractivity contribution is 0.102. The van der Waals surface area contributed by atoms with Gasteiger partial charge in [0, 0.05) is 22.7 Å². The first kappa shape index (κ1) is 22.0. The molecule has 2 N–H and O–H groups in total. The van der Waals surface area contributed by atoms with E-state index in [0.717, 1.165) is 58.3 Å². The number of nitrogens with one attached hydrogen (secondary N) is 2. The lowest BCUT2D eigenvalue weighted by atomic mass is 10.1. The number of amides is 1. The number of methoxy groups -OCH3 is 2. The molecule has 0 atom stereocenters. The van der Waals surface area contributed by atoms with Crippen LogP contribution in [0.25, 0.3) is 0 Å². The highest BCUT2D eigenvalue weighted by atomic mass is 32.1. The summed E-state index contributed by atoms with van der Waals surface area (Å²) in [7, 11) is 3.30. The Labute approximate surface area is 192 Å². The summed E-state index contributed by atoms with van der Waals surface area (Å²) in [4.78, 5) is 14.6. The van der Waals surface area contributed by atoms with Crippen LogP contribution in [0.5, 0.6) is 17.2 Å². The minimum atomic E-state index is -0.0892. The molecule has 6 nitrogen and oxygen atoms in total. The summed E-state index contributed by atoms with van der Waals surface area (Å²) in [5.41, 5.74) is 3.63. The molecule has 1 amide bonds. The molecular formula is C25H28N2O4S. The van der Waals surface area contributed by atoms with Crippen LogP contribution in [0.3, 0.4) is 0 Å². The van der Waals surface area contributed by atoms with E-state index in [-0.39, 0.29) is 5.91 Å². The first-order valence-electron chi connectivity index (χ1n) is 10.8. The zero-order valence-corrected chi connectivity index (χ0v) is 19.4. The Morgan fingerprint density at radius 2 is 1.81 bits per heavy atom. The molecule has 0 spiro atoms. The maximum atomic E-state index is 13.3. The van der Waals surface area contributed by atoms with Gasteiger partial charge in [-0.15, -0.1) is 11.3 Å². The normalized spacial score (nSPS) is 12.2. The standard InChI is InChI=1S/C25H28N2O4S/c1-4-31-18-10-8-17(9-11-18)27-24(28)23-20-6-5-7-22(20)32-25(23)26-15-16-14-19(29-2)12-13-21(16)30-3/h8-14,26H,4-7,15H2,1-3H3,(H,27,28). The molecular weight excluding hydrogens is 424 g/mol. The first-order valence-corrected chi connectivity index (χ1v) is 11.6. The Balaban J connectivity index is 1.55. The maximum absolute atomic E-state index is 13.3. The van der Waals surface area contributed by atoms with Crippen molar-refractivity contribution in [2.24, 2.45) is 0 Å². The van der Waals surface area contributed by atoms with Gasteiger partial charge in [0.15, 0.2) is 0 Å². The molecule has 1 heterocycles. The van der Waals surface area contributed by atoms with Gasteiger partial charge in [0.2, 0.25) is 0 Å². The number of aryl methyl sites for hydroxylation is 1. The van der Waals surface area contributed by atoms with Crippen molar-refractivity contribution in [1.29, 1.82) is 0 Å². The summed E-state index contributed by atoms with van der Waals surface area (Å²) >= 11 is 1.68. The Kier molecular flexibility index (Phi) is 6.85. The van der Waals surface area contributed by atoms with E-state index in [1.54, 1.807) is 25.6 Å². The van der Waals surface area contributed by atoms with E-state index in [4.69, 9.17) is 14.2 Å². The molecule has 0 radical (unpaired) electrons. The summed E-state index contributed by atoms with van der Waals surface area (Å²) in [5, 5.41) is 7.42. The minimum absolute atomic E-state index is 0.0892. The number of rotatable bonds is 9. The summed E-state index contributed by atoms with van der Waals surface area (Å²) < 4.78 is 16.3. The van der Waals surface area contributed by atoms with E-state index in [0.29, 0.717) is 13.2 Å². The van der Waals surface area contributed by atoms with Crippen LogP contribution in [0.2, 0.25) is 0 Å². The Bertz CT molecular complexity index is 1090. The molecule has 1 aliphatic carbocycles. The zero-order chi connectivity index (χ0) is 22.5. The molecule has 1 aliphatic rings. The van der Waals surface area contributed by atoms with Gasteiger partial charge >= 0.3 is 0 Å². The highest BCUT2D eigenvalue weighted by Gasteiger charge is 2.26. The summed E-state index contributed by atoms with van der Waals surface area (Å²) in [6, 6.07) is 13.2. The van der Waals surface area contributed by atoms with Crippen LogP contribution >= 0.6 is 11.3 Å². The van der Waals surface area contributed by atoms with Crippen molar-refractivity contribution >= 4 is 27.9 Å². The molecule has 1 aromatic heterocycles. The van der Waals surface area contributed by atoms with E-state index in [1.165, 1.54) is 10.4 Å². The third-order valence-electron chi connectivity index (χ3n) is 5.50. The fraction of sp³-hybridized carbons (Fsp3) is 0.320. The second-order valence-corrected chi connectivity index (χ2v) is 8.61. The van der Waals surface area contributed by atoms with Crippen molar-refractivity contribution in [3.8, 4) is 17.2 Å². The summed E-state index contributed by atoms with van der Waals surface area (Å²) in [5.74, 6) is 2.25. The Hall–Kier alpha value is -3.19. The van der Waals surface area contributed by atoms with Gasteiger partial charge in [-0.2, -0.15) is 0 Å². The number of thiophene rings is 1. The van der Waals surface area contributed by atoms with Crippen LogP contribution in [-0.2, 0) is 19.4 Å². The maximum Gasteiger partial charge on any atom is 0.258 e. The van der Waals surface area contributed by atoms with Gasteiger partial charge in [0.05, 0.1) is 26.4 Å². The Morgan fingerprint density at radius 3 is 2.53 bits per heavy atom. The number of hydrogen-bond acceptors (Lipinski definition) is 6. The van der Waals surface area contributed by atoms with E-state index < -0.39 is 0 Å². The SMILES string of the molecule is CCOc1ccc(NC(=O)c2c(NCc3cc(OC)ccc3OC)sc3c2CCC3)cc1. The highest BCUT2D eigenvalue weighted by molar-refractivity contribution is 7.16. The van der Waals surface area contributed by atoms with Crippen LogP contribution in [0.4, 0.5) is 10.7 Å². The molecule has 168 valence electrons. The number of hydrogen-bond donors (Lipinski definition) is 2. The number of fused-ring (bicyclic) bond motifs is 1. The van der Waals surface area contributed by atoms with Crippen LogP contribution in [0.15, 0.2) is 42.5 Å².